The maximum absolute atomic E-state index is 13.1. The van der Waals surface area contributed by atoms with Crippen LogP contribution in [0.25, 0.3) is 16.7 Å². The topological polar surface area (TPSA) is 122 Å². The number of carbonyl (C=O) groups is 2. The quantitative estimate of drug-likeness (QED) is 0.418. The van der Waals surface area contributed by atoms with E-state index < -0.39 is 6.04 Å². The summed E-state index contributed by atoms with van der Waals surface area (Å²) >= 11 is 1.15. The van der Waals surface area contributed by atoms with Crippen LogP contribution in [0.2, 0.25) is 0 Å². The van der Waals surface area contributed by atoms with Crippen molar-refractivity contribution in [2.24, 2.45) is 0 Å². The zero-order chi connectivity index (χ0) is 21.1. The summed E-state index contributed by atoms with van der Waals surface area (Å²) in [5, 5.41) is 13.0. The molecule has 0 saturated carbocycles. The van der Waals surface area contributed by atoms with Gasteiger partial charge in [-0.15, -0.1) is 0 Å². The third-order valence-corrected chi connectivity index (χ3v) is 5.95. The van der Waals surface area contributed by atoms with Crippen LogP contribution in [0.4, 0.5) is 0 Å². The van der Waals surface area contributed by atoms with E-state index in [4.69, 9.17) is 0 Å². The van der Waals surface area contributed by atoms with E-state index in [2.05, 4.69) is 25.8 Å². The van der Waals surface area contributed by atoms with Gasteiger partial charge in [-0.25, -0.2) is 4.98 Å². The minimum Gasteiger partial charge on any atom is -0.354 e. The summed E-state index contributed by atoms with van der Waals surface area (Å²) in [5.41, 5.74) is 1.72. The van der Waals surface area contributed by atoms with Gasteiger partial charge in [-0.1, -0.05) is 30.0 Å². The van der Waals surface area contributed by atoms with E-state index in [1.165, 1.54) is 10.8 Å². The Balaban J connectivity index is 1.60. The SMILES string of the molecule is Cc1ccccc1-n1c(SCC(=O)NC2CCCCNC2=O)nc2[nH]ncc2c1=O. The molecule has 0 spiro atoms. The van der Waals surface area contributed by atoms with Gasteiger partial charge in [0.15, 0.2) is 10.8 Å². The highest BCUT2D eigenvalue weighted by Crippen LogP contribution is 2.22. The van der Waals surface area contributed by atoms with Crippen molar-refractivity contribution in [1.29, 1.82) is 0 Å². The predicted molar refractivity (Wildman–Crippen MR) is 114 cm³/mol. The van der Waals surface area contributed by atoms with Crippen LogP contribution in [-0.4, -0.2) is 49.9 Å². The van der Waals surface area contributed by atoms with Crippen molar-refractivity contribution in [1.82, 2.24) is 30.4 Å². The molecule has 1 unspecified atom stereocenters. The van der Waals surface area contributed by atoms with Crippen LogP contribution >= 0.6 is 11.8 Å². The van der Waals surface area contributed by atoms with Crippen LogP contribution < -0.4 is 16.2 Å². The fourth-order valence-corrected chi connectivity index (χ4v) is 4.25. The number of nitrogens with one attached hydrogen (secondary N) is 3. The molecule has 1 fully saturated rings. The number of hydrogen-bond acceptors (Lipinski definition) is 6. The lowest BCUT2D eigenvalue weighted by atomic mass is 10.1. The van der Waals surface area contributed by atoms with Crippen LogP contribution in [0.3, 0.4) is 0 Å². The minimum atomic E-state index is -0.526. The van der Waals surface area contributed by atoms with Crippen molar-refractivity contribution in [3.63, 3.8) is 0 Å². The molecule has 10 heteroatoms. The summed E-state index contributed by atoms with van der Waals surface area (Å²) in [6.07, 6.45) is 3.85. The molecule has 30 heavy (non-hydrogen) atoms. The number of thioether (sulfide) groups is 1. The van der Waals surface area contributed by atoms with Crippen LogP contribution in [0.5, 0.6) is 0 Å². The number of aromatic nitrogens is 4. The van der Waals surface area contributed by atoms with E-state index >= 15 is 0 Å². The average molecular weight is 427 g/mol. The minimum absolute atomic E-state index is 0.0295. The van der Waals surface area contributed by atoms with Crippen LogP contribution in [0, 0.1) is 6.92 Å². The number of hydrogen-bond donors (Lipinski definition) is 3. The van der Waals surface area contributed by atoms with Crippen LogP contribution in [-0.2, 0) is 9.59 Å². The number of amides is 2. The number of rotatable bonds is 5. The maximum Gasteiger partial charge on any atom is 0.269 e. The smallest absolute Gasteiger partial charge is 0.269 e. The summed E-state index contributed by atoms with van der Waals surface area (Å²) in [6, 6.07) is 6.96. The van der Waals surface area contributed by atoms with Crippen molar-refractivity contribution in [2.45, 2.75) is 37.4 Å². The molecule has 3 N–H and O–H groups in total. The highest BCUT2D eigenvalue weighted by molar-refractivity contribution is 7.99. The molecular weight excluding hydrogens is 404 g/mol. The second kappa shape index (κ2) is 8.70. The Morgan fingerprint density at radius 1 is 1.30 bits per heavy atom. The van der Waals surface area contributed by atoms with Gasteiger partial charge in [-0.2, -0.15) is 5.10 Å². The molecule has 2 aromatic heterocycles. The third kappa shape index (κ3) is 4.09. The standard InChI is InChI=1S/C20H22N6O3S/c1-12-6-2-3-8-15(12)26-19(29)13-10-22-25-17(13)24-20(26)30-11-16(27)23-14-7-4-5-9-21-18(14)28/h2-3,6,8,10,14H,4-5,7,9,11H2,1H3,(H,21,28)(H,22,25)(H,23,27). The number of fused-ring (bicyclic) bond motifs is 1. The van der Waals surface area contributed by atoms with Gasteiger partial charge >= 0.3 is 0 Å². The van der Waals surface area contributed by atoms with Crippen LogP contribution in [0.15, 0.2) is 40.4 Å². The number of H-pyrrole nitrogens is 1. The maximum atomic E-state index is 13.1. The Labute approximate surface area is 176 Å². The van der Waals surface area contributed by atoms with E-state index in [1.807, 2.05) is 31.2 Å². The number of nitrogens with zero attached hydrogens (tertiary/aromatic N) is 3. The summed E-state index contributed by atoms with van der Waals surface area (Å²) in [5.74, 6) is -0.404. The number of benzene rings is 1. The molecule has 0 bridgehead atoms. The molecule has 1 atom stereocenters. The first kappa shape index (κ1) is 20.1. The third-order valence-electron chi connectivity index (χ3n) is 5.01. The fraction of sp³-hybridized carbons (Fsp3) is 0.350. The van der Waals surface area contributed by atoms with Crippen molar-refractivity contribution >= 4 is 34.6 Å². The first-order valence-electron chi connectivity index (χ1n) is 9.76. The van der Waals surface area contributed by atoms with Crippen molar-refractivity contribution in [3.8, 4) is 5.69 Å². The number of aryl methyl sites for hydroxylation is 1. The van der Waals surface area contributed by atoms with Crippen LogP contribution in [0.1, 0.15) is 24.8 Å². The first-order chi connectivity index (χ1) is 14.5. The summed E-state index contributed by atoms with van der Waals surface area (Å²) in [7, 11) is 0. The molecule has 2 amide bonds. The highest BCUT2D eigenvalue weighted by atomic mass is 32.2. The molecule has 1 saturated heterocycles. The van der Waals surface area contributed by atoms with Gasteiger partial charge in [0.1, 0.15) is 11.4 Å². The van der Waals surface area contributed by atoms with Gasteiger partial charge in [0, 0.05) is 6.54 Å². The Morgan fingerprint density at radius 2 is 2.13 bits per heavy atom. The highest BCUT2D eigenvalue weighted by Gasteiger charge is 2.23. The van der Waals surface area contributed by atoms with Crippen molar-refractivity contribution in [3.05, 3.63) is 46.4 Å². The largest absolute Gasteiger partial charge is 0.354 e. The monoisotopic (exact) mass is 426 g/mol. The van der Waals surface area contributed by atoms with Gasteiger partial charge in [-0.05, 0) is 37.8 Å². The number of aromatic amines is 1. The van der Waals surface area contributed by atoms with E-state index in [-0.39, 0.29) is 23.1 Å². The molecule has 1 aliphatic heterocycles. The van der Waals surface area contributed by atoms with Gasteiger partial charge in [0.05, 0.1) is 17.6 Å². The van der Waals surface area contributed by atoms with E-state index in [1.54, 1.807) is 0 Å². The van der Waals surface area contributed by atoms with Gasteiger partial charge < -0.3 is 10.6 Å². The summed E-state index contributed by atoms with van der Waals surface area (Å²) in [6.45, 7) is 2.55. The molecule has 0 aliphatic carbocycles. The predicted octanol–water partition coefficient (Wildman–Crippen LogP) is 1.29. The molecule has 1 aromatic carbocycles. The molecule has 0 radical (unpaired) electrons. The summed E-state index contributed by atoms with van der Waals surface area (Å²) < 4.78 is 1.50. The number of para-hydroxylation sites is 1. The van der Waals surface area contributed by atoms with E-state index in [9.17, 15) is 14.4 Å². The van der Waals surface area contributed by atoms with Gasteiger partial charge in [0.25, 0.3) is 5.56 Å². The lowest BCUT2D eigenvalue weighted by Crippen LogP contribution is -2.46. The van der Waals surface area contributed by atoms with E-state index in [0.29, 0.717) is 34.8 Å². The Bertz CT molecular complexity index is 1150. The van der Waals surface area contributed by atoms with Gasteiger partial charge in [0.2, 0.25) is 11.8 Å². The second-order valence-corrected chi connectivity index (χ2v) is 8.09. The molecule has 3 aromatic rings. The van der Waals surface area contributed by atoms with E-state index in [0.717, 1.165) is 30.2 Å². The van der Waals surface area contributed by atoms with Crippen molar-refractivity contribution < 1.29 is 9.59 Å². The molecule has 1 aliphatic rings. The first-order valence-corrected chi connectivity index (χ1v) is 10.7. The Hall–Kier alpha value is -3.14. The lowest BCUT2D eigenvalue weighted by Gasteiger charge is -2.16. The average Bonchev–Trinajstić information content (AvgIpc) is 3.12. The molecule has 4 rings (SSSR count). The molecule has 156 valence electrons. The molecule has 3 heterocycles. The molecular formula is C20H22N6O3S. The van der Waals surface area contributed by atoms with Gasteiger partial charge in [-0.3, -0.25) is 24.0 Å². The lowest BCUT2D eigenvalue weighted by molar-refractivity contribution is -0.127. The normalized spacial score (nSPS) is 16.8. The number of carbonyl (C=O) groups excluding carboxylic acids is 2. The Morgan fingerprint density at radius 3 is 2.97 bits per heavy atom. The summed E-state index contributed by atoms with van der Waals surface area (Å²) in [4.78, 5) is 42.2. The fourth-order valence-electron chi connectivity index (χ4n) is 3.44. The zero-order valence-electron chi connectivity index (χ0n) is 16.5. The zero-order valence-corrected chi connectivity index (χ0v) is 17.3. The second-order valence-electron chi connectivity index (χ2n) is 7.15. The Kier molecular flexibility index (Phi) is 5.84. The van der Waals surface area contributed by atoms with Crippen molar-refractivity contribution in [2.75, 3.05) is 12.3 Å². The molecule has 9 nitrogen and oxygen atoms in total.